The zero-order valence-corrected chi connectivity index (χ0v) is 21.6. The molecule has 0 bridgehead atoms. The van der Waals surface area contributed by atoms with Crippen LogP contribution < -0.4 is 0 Å². The van der Waals surface area contributed by atoms with Gasteiger partial charge < -0.3 is 4.74 Å². The van der Waals surface area contributed by atoms with Gasteiger partial charge in [-0.2, -0.15) is 0 Å². The van der Waals surface area contributed by atoms with Crippen LogP contribution in [-0.2, 0) is 14.3 Å². The summed E-state index contributed by atoms with van der Waals surface area (Å²) in [4.78, 5) is 26.0. The summed E-state index contributed by atoms with van der Waals surface area (Å²) in [5.74, 6) is 4.84. The van der Waals surface area contributed by atoms with Crippen LogP contribution in [0.25, 0.3) is 0 Å². The number of rotatable bonds is 6. The predicted octanol–water partition coefficient (Wildman–Crippen LogP) is 7.08. The molecule has 3 nitrogen and oxygen atoms in total. The van der Waals surface area contributed by atoms with E-state index in [9.17, 15) is 9.59 Å². The van der Waals surface area contributed by atoms with Gasteiger partial charge in [0.15, 0.2) is 0 Å². The van der Waals surface area contributed by atoms with Crippen LogP contribution in [0, 0.1) is 58.2 Å². The van der Waals surface area contributed by atoms with Gasteiger partial charge in [-0.25, -0.2) is 0 Å². The van der Waals surface area contributed by atoms with Gasteiger partial charge >= 0.3 is 5.97 Å². The summed E-state index contributed by atoms with van der Waals surface area (Å²) < 4.78 is 5.18. The fourth-order valence-electron chi connectivity index (χ4n) is 9.61. The molecule has 0 aliphatic heterocycles. The highest BCUT2D eigenvalue weighted by Crippen LogP contribution is 2.69. The largest absolute Gasteiger partial charge is 0.466 e. The van der Waals surface area contributed by atoms with E-state index in [0.717, 1.165) is 18.8 Å². The third-order valence-electron chi connectivity index (χ3n) is 11.3. The molecule has 4 fully saturated rings. The first-order valence-corrected chi connectivity index (χ1v) is 13.9. The van der Waals surface area contributed by atoms with Gasteiger partial charge in [-0.05, 0) is 105 Å². The Morgan fingerprint density at radius 2 is 1.72 bits per heavy atom. The molecular formula is C29H48O3. The molecular weight excluding hydrogens is 396 g/mol. The topological polar surface area (TPSA) is 43.4 Å². The van der Waals surface area contributed by atoms with Crippen LogP contribution in [0.2, 0.25) is 0 Å². The number of carbonyl (C=O) groups is 2. The summed E-state index contributed by atoms with van der Waals surface area (Å²) in [6, 6.07) is 0. The van der Waals surface area contributed by atoms with Gasteiger partial charge in [-0.15, -0.1) is 0 Å². The van der Waals surface area contributed by atoms with Crippen molar-refractivity contribution >= 4 is 11.8 Å². The van der Waals surface area contributed by atoms with Crippen LogP contribution in [-0.4, -0.2) is 18.4 Å². The van der Waals surface area contributed by atoms with E-state index in [1.54, 1.807) is 0 Å². The van der Waals surface area contributed by atoms with Crippen molar-refractivity contribution in [3.63, 3.8) is 0 Å². The molecule has 5 unspecified atom stereocenters. The van der Waals surface area contributed by atoms with Crippen molar-refractivity contribution in [3.8, 4) is 0 Å². The average Bonchev–Trinajstić information content (AvgIpc) is 3.11. The average molecular weight is 445 g/mol. The lowest BCUT2D eigenvalue weighted by atomic mass is 9.41. The Balaban J connectivity index is 1.56. The first-order valence-electron chi connectivity index (χ1n) is 13.9. The molecule has 0 aromatic carbocycles. The Bertz CT molecular complexity index is 715. The van der Waals surface area contributed by atoms with E-state index in [1.807, 2.05) is 6.92 Å². The molecule has 4 aliphatic carbocycles. The summed E-state index contributed by atoms with van der Waals surface area (Å²) >= 11 is 0. The van der Waals surface area contributed by atoms with E-state index < -0.39 is 0 Å². The maximum Gasteiger partial charge on any atom is 0.305 e. The Labute approximate surface area is 196 Å². The molecule has 4 saturated carbocycles. The minimum absolute atomic E-state index is 0.0542. The lowest BCUT2D eigenvalue weighted by molar-refractivity contribution is -0.170. The first-order chi connectivity index (χ1) is 15.2. The monoisotopic (exact) mass is 444 g/mol. The van der Waals surface area contributed by atoms with Gasteiger partial charge in [0.1, 0.15) is 5.78 Å². The molecule has 182 valence electrons. The van der Waals surface area contributed by atoms with Gasteiger partial charge in [0.2, 0.25) is 0 Å². The molecule has 0 saturated heterocycles. The molecule has 4 aliphatic rings. The Morgan fingerprint density at radius 3 is 2.41 bits per heavy atom. The van der Waals surface area contributed by atoms with Gasteiger partial charge in [0, 0.05) is 18.3 Å². The molecule has 0 radical (unpaired) electrons. The number of ether oxygens (including phenoxy) is 1. The maximum absolute atomic E-state index is 14.1. The molecule has 0 heterocycles. The lowest BCUT2D eigenvalue weighted by Crippen LogP contribution is -2.60. The highest BCUT2D eigenvalue weighted by atomic mass is 16.5. The third kappa shape index (κ3) is 3.78. The highest BCUT2D eigenvalue weighted by Gasteiger charge is 2.64. The molecule has 10 atom stereocenters. The minimum atomic E-state index is -0.0542. The van der Waals surface area contributed by atoms with E-state index in [2.05, 4.69) is 34.6 Å². The SMILES string of the molecule is CCOC(=O)CC[C@@H](C)C1CCC2C3C(=O)[C@H](CC)C4C[C@H](C)CC[C@]4(C)C3CC[C@@]21C. The van der Waals surface area contributed by atoms with Crippen molar-refractivity contribution in [2.24, 2.45) is 58.2 Å². The van der Waals surface area contributed by atoms with Gasteiger partial charge in [0.05, 0.1) is 6.61 Å². The van der Waals surface area contributed by atoms with E-state index in [4.69, 9.17) is 4.74 Å². The molecule has 0 aromatic heterocycles. The number of Topliss-reactive ketones (excluding diaryl/α,β-unsaturated/α-hetero) is 1. The summed E-state index contributed by atoms with van der Waals surface area (Å²) in [5, 5.41) is 0. The summed E-state index contributed by atoms with van der Waals surface area (Å²) in [6.07, 6.45) is 11.4. The van der Waals surface area contributed by atoms with Crippen molar-refractivity contribution < 1.29 is 14.3 Å². The zero-order valence-electron chi connectivity index (χ0n) is 21.6. The van der Waals surface area contributed by atoms with E-state index in [-0.39, 0.29) is 23.2 Å². The number of hydrogen-bond donors (Lipinski definition) is 0. The fourth-order valence-corrected chi connectivity index (χ4v) is 9.61. The second-order valence-electron chi connectivity index (χ2n) is 12.7. The highest BCUT2D eigenvalue weighted by molar-refractivity contribution is 5.86. The first kappa shape index (κ1) is 24.3. The van der Waals surface area contributed by atoms with Crippen LogP contribution in [0.3, 0.4) is 0 Å². The lowest BCUT2D eigenvalue weighted by Gasteiger charge is -2.62. The molecule has 4 rings (SSSR count). The fraction of sp³-hybridized carbons (Fsp3) is 0.931. The third-order valence-corrected chi connectivity index (χ3v) is 11.3. The van der Waals surface area contributed by atoms with Crippen LogP contribution in [0.1, 0.15) is 106 Å². The second-order valence-corrected chi connectivity index (χ2v) is 12.7. The van der Waals surface area contributed by atoms with Gasteiger partial charge in [-0.1, -0.05) is 41.0 Å². The van der Waals surface area contributed by atoms with Crippen molar-refractivity contribution in [1.82, 2.24) is 0 Å². The second kappa shape index (κ2) is 9.06. The standard InChI is InChI=1S/C29H48O3/c1-7-20-24-17-18(3)13-15-29(24,6)23-14-16-28(5)21(10-11-22(28)26(23)27(20)31)19(4)9-12-25(30)32-8-2/h18-24,26H,7-17H2,1-6H3/t18-,19-,20-,21?,22?,23?,24?,26?,28-,29-/m1/s1. The van der Waals surface area contributed by atoms with Crippen molar-refractivity contribution in [1.29, 1.82) is 0 Å². The molecule has 0 amide bonds. The molecule has 3 heteroatoms. The van der Waals surface area contributed by atoms with E-state index >= 15 is 0 Å². The van der Waals surface area contributed by atoms with E-state index in [0.29, 0.717) is 53.8 Å². The quantitative estimate of drug-likeness (QED) is 0.411. The summed E-state index contributed by atoms with van der Waals surface area (Å²) in [6.45, 7) is 14.5. The smallest absolute Gasteiger partial charge is 0.305 e. The molecule has 0 N–H and O–H groups in total. The maximum atomic E-state index is 14.1. The summed E-state index contributed by atoms with van der Waals surface area (Å²) in [5.41, 5.74) is 0.620. The number of esters is 1. The van der Waals surface area contributed by atoms with Crippen LogP contribution in [0.4, 0.5) is 0 Å². The van der Waals surface area contributed by atoms with Crippen molar-refractivity contribution in [2.75, 3.05) is 6.61 Å². The van der Waals surface area contributed by atoms with Crippen molar-refractivity contribution in [2.45, 2.75) is 106 Å². The predicted molar refractivity (Wildman–Crippen MR) is 129 cm³/mol. The zero-order chi connectivity index (χ0) is 23.3. The number of ketones is 1. The molecule has 0 aromatic rings. The van der Waals surface area contributed by atoms with Gasteiger partial charge in [-0.3, -0.25) is 9.59 Å². The Kier molecular flexibility index (Phi) is 6.87. The summed E-state index contributed by atoms with van der Waals surface area (Å²) in [7, 11) is 0. The molecule has 32 heavy (non-hydrogen) atoms. The van der Waals surface area contributed by atoms with E-state index in [1.165, 1.54) is 44.9 Å². The Morgan fingerprint density at radius 1 is 1.03 bits per heavy atom. The van der Waals surface area contributed by atoms with Crippen LogP contribution in [0.15, 0.2) is 0 Å². The Hall–Kier alpha value is -0.860. The van der Waals surface area contributed by atoms with Gasteiger partial charge in [0.25, 0.3) is 0 Å². The van der Waals surface area contributed by atoms with Crippen molar-refractivity contribution in [3.05, 3.63) is 0 Å². The number of carbonyl (C=O) groups excluding carboxylic acids is 2. The van der Waals surface area contributed by atoms with Crippen LogP contribution in [0.5, 0.6) is 0 Å². The van der Waals surface area contributed by atoms with Crippen LogP contribution >= 0.6 is 0 Å². The normalized spacial score (nSPS) is 46.7. The minimum Gasteiger partial charge on any atom is -0.466 e. The number of hydrogen-bond acceptors (Lipinski definition) is 3. The number of fused-ring (bicyclic) bond motifs is 5. The molecule has 0 spiro atoms.